The number of sulfonamides is 1. The Balaban J connectivity index is 4.79. The van der Waals surface area contributed by atoms with Gasteiger partial charge in [0.15, 0.2) is 0 Å². The van der Waals surface area contributed by atoms with E-state index in [1.54, 1.807) is 0 Å². The highest BCUT2D eigenvalue weighted by atomic mass is 32.3. The molecule has 0 aromatic heterocycles. The van der Waals surface area contributed by atoms with Gasteiger partial charge in [0, 0.05) is 0 Å². The van der Waals surface area contributed by atoms with Gasteiger partial charge in [-0.15, -0.1) is 4.13 Å². The highest BCUT2D eigenvalue weighted by molar-refractivity contribution is 7.98. The second-order valence-electron chi connectivity index (χ2n) is 1.30. The van der Waals surface area contributed by atoms with Crippen molar-refractivity contribution in [3.63, 3.8) is 0 Å². The summed E-state index contributed by atoms with van der Waals surface area (Å²) in [5, 5.41) is 0. The molecule has 0 saturated carbocycles. The molecule has 0 aliphatic carbocycles. The smallest absolute Gasteiger partial charge is 0.215 e. The summed E-state index contributed by atoms with van der Waals surface area (Å²) in [6, 6.07) is 0. The summed E-state index contributed by atoms with van der Waals surface area (Å²) in [4.78, 5) is 0. The number of hydrogen-bond acceptors (Lipinski definition) is 4. The number of thiol groups is 1. The molecular formula is CH2F3NO4S2. The van der Waals surface area contributed by atoms with E-state index in [9.17, 15) is 30.0 Å². The standard InChI is InChI=1S/CH2F3NO4S2/c2-1(3,4)11(8,9)5-10(6)7/h10H,(H,5,6,7). The SMILES string of the molecule is O=[SH](=O)NS(=O)(=O)C(F)(F)F. The van der Waals surface area contributed by atoms with Crippen LogP contribution in [0.2, 0.25) is 0 Å². The van der Waals surface area contributed by atoms with Gasteiger partial charge in [-0.05, 0) is 0 Å². The van der Waals surface area contributed by atoms with E-state index in [4.69, 9.17) is 0 Å². The van der Waals surface area contributed by atoms with Crippen LogP contribution >= 0.6 is 0 Å². The average Bonchev–Trinajstić information content (AvgIpc) is 1.56. The fourth-order valence-electron chi connectivity index (χ4n) is 0.150. The molecule has 0 aliphatic rings. The van der Waals surface area contributed by atoms with Crippen LogP contribution in [0.25, 0.3) is 0 Å². The fraction of sp³-hybridized carbons (Fsp3) is 1.00. The van der Waals surface area contributed by atoms with Gasteiger partial charge in [-0.2, -0.15) is 13.2 Å². The molecule has 0 rings (SSSR count). The molecule has 0 aromatic rings. The Labute approximate surface area is 61.3 Å². The molecule has 0 aromatic carbocycles. The van der Waals surface area contributed by atoms with Gasteiger partial charge in [-0.1, -0.05) is 0 Å². The van der Waals surface area contributed by atoms with E-state index in [0.29, 0.717) is 4.13 Å². The minimum atomic E-state index is -5.74. The zero-order chi connectivity index (χ0) is 9.28. The van der Waals surface area contributed by atoms with Crippen molar-refractivity contribution < 1.29 is 30.0 Å². The van der Waals surface area contributed by atoms with Crippen LogP contribution in [-0.2, 0) is 20.9 Å². The number of nitrogens with one attached hydrogen (secondary N) is 1. The molecule has 0 radical (unpaired) electrons. The van der Waals surface area contributed by atoms with Crippen LogP contribution in [0.5, 0.6) is 0 Å². The number of alkyl halides is 3. The largest absolute Gasteiger partial charge is 0.512 e. The number of hydrogen-bond donors (Lipinski definition) is 2. The van der Waals surface area contributed by atoms with Crippen molar-refractivity contribution >= 4 is 20.9 Å². The van der Waals surface area contributed by atoms with E-state index in [2.05, 4.69) is 0 Å². The third kappa shape index (κ3) is 3.03. The Bertz CT molecular complexity index is 290. The van der Waals surface area contributed by atoms with Gasteiger partial charge in [0.1, 0.15) is 0 Å². The predicted octanol–water partition coefficient (Wildman–Crippen LogP) is -1.05. The third-order valence-electron chi connectivity index (χ3n) is 0.499. The van der Waals surface area contributed by atoms with Gasteiger partial charge in [0.2, 0.25) is 10.9 Å². The van der Waals surface area contributed by atoms with Crippen molar-refractivity contribution in [1.82, 2.24) is 4.13 Å². The fourth-order valence-corrected chi connectivity index (χ4v) is 1.35. The van der Waals surface area contributed by atoms with Crippen molar-refractivity contribution in [3.8, 4) is 0 Å². The first-order chi connectivity index (χ1) is 4.67. The lowest BCUT2D eigenvalue weighted by molar-refractivity contribution is -0.0441. The van der Waals surface area contributed by atoms with Crippen LogP contribution < -0.4 is 4.13 Å². The molecular weight excluding hydrogens is 211 g/mol. The Morgan fingerprint density at radius 3 is 1.64 bits per heavy atom. The van der Waals surface area contributed by atoms with Gasteiger partial charge in [-0.3, -0.25) is 0 Å². The van der Waals surface area contributed by atoms with Crippen LogP contribution in [0, 0.1) is 0 Å². The van der Waals surface area contributed by atoms with Crippen molar-refractivity contribution in [3.05, 3.63) is 0 Å². The first-order valence-electron chi connectivity index (χ1n) is 1.90. The Morgan fingerprint density at radius 1 is 1.18 bits per heavy atom. The monoisotopic (exact) mass is 213 g/mol. The zero-order valence-electron chi connectivity index (χ0n) is 4.62. The van der Waals surface area contributed by atoms with E-state index in [0.717, 1.165) is 0 Å². The maximum atomic E-state index is 11.3. The van der Waals surface area contributed by atoms with E-state index in [-0.39, 0.29) is 0 Å². The predicted molar refractivity (Wildman–Crippen MR) is 28.4 cm³/mol. The van der Waals surface area contributed by atoms with E-state index >= 15 is 0 Å². The molecule has 5 nitrogen and oxygen atoms in total. The molecule has 0 saturated heterocycles. The van der Waals surface area contributed by atoms with Gasteiger partial charge in [0.05, 0.1) is 0 Å². The molecule has 10 heteroatoms. The van der Waals surface area contributed by atoms with Crippen LogP contribution in [0.4, 0.5) is 13.2 Å². The lowest BCUT2D eigenvalue weighted by atomic mass is 11.6. The molecule has 0 fully saturated rings. The third-order valence-corrected chi connectivity index (χ3v) is 2.67. The summed E-state index contributed by atoms with van der Waals surface area (Å²) in [5.41, 5.74) is -5.59. The first-order valence-corrected chi connectivity index (χ1v) is 4.56. The first kappa shape index (κ1) is 10.7. The normalized spacial score (nSPS) is 13.8. The molecule has 0 atom stereocenters. The summed E-state index contributed by atoms with van der Waals surface area (Å²) in [6.45, 7) is 0. The second kappa shape index (κ2) is 2.95. The van der Waals surface area contributed by atoms with E-state index in [1.165, 1.54) is 0 Å². The molecule has 0 heterocycles. The zero-order valence-corrected chi connectivity index (χ0v) is 6.33. The van der Waals surface area contributed by atoms with Gasteiger partial charge in [-0.25, -0.2) is 16.8 Å². The highest BCUT2D eigenvalue weighted by Gasteiger charge is 2.46. The van der Waals surface area contributed by atoms with Gasteiger partial charge in [0.25, 0.3) is 0 Å². The van der Waals surface area contributed by atoms with Crippen LogP contribution in [-0.4, -0.2) is 22.3 Å². The summed E-state index contributed by atoms with van der Waals surface area (Å²) in [6.07, 6.45) is 0. The highest BCUT2D eigenvalue weighted by Crippen LogP contribution is 2.21. The maximum absolute atomic E-state index is 11.3. The maximum Gasteiger partial charge on any atom is 0.512 e. The van der Waals surface area contributed by atoms with Crippen LogP contribution in [0.1, 0.15) is 0 Å². The lowest BCUT2D eigenvalue weighted by Crippen LogP contribution is -2.35. The van der Waals surface area contributed by atoms with Crippen molar-refractivity contribution in [1.29, 1.82) is 0 Å². The topological polar surface area (TPSA) is 80.3 Å². The van der Waals surface area contributed by atoms with Crippen LogP contribution in [0.15, 0.2) is 0 Å². The van der Waals surface area contributed by atoms with Crippen molar-refractivity contribution in [2.24, 2.45) is 0 Å². The Kier molecular flexibility index (Phi) is 2.85. The molecule has 11 heavy (non-hydrogen) atoms. The van der Waals surface area contributed by atoms with E-state index in [1.807, 2.05) is 0 Å². The minimum absolute atomic E-state index is 0.360. The molecule has 0 spiro atoms. The molecule has 68 valence electrons. The average molecular weight is 213 g/mol. The van der Waals surface area contributed by atoms with Gasteiger partial charge >= 0.3 is 15.5 Å². The Hall–Kier alpha value is -0.350. The lowest BCUT2D eigenvalue weighted by Gasteiger charge is -2.03. The minimum Gasteiger partial charge on any atom is -0.215 e. The van der Waals surface area contributed by atoms with Crippen molar-refractivity contribution in [2.75, 3.05) is 0 Å². The van der Waals surface area contributed by atoms with Gasteiger partial charge < -0.3 is 0 Å². The van der Waals surface area contributed by atoms with E-state index < -0.39 is 26.4 Å². The van der Waals surface area contributed by atoms with Crippen LogP contribution in [0.3, 0.4) is 0 Å². The summed E-state index contributed by atoms with van der Waals surface area (Å²) in [7, 11) is -9.55. The quantitative estimate of drug-likeness (QED) is 0.574. The molecule has 0 aliphatic heterocycles. The second-order valence-corrected chi connectivity index (χ2v) is 4.01. The Morgan fingerprint density at radius 2 is 1.55 bits per heavy atom. The molecule has 1 N–H and O–H groups in total. The molecule has 0 unspecified atom stereocenters. The number of rotatable bonds is 2. The molecule has 0 amide bonds. The summed E-state index contributed by atoms with van der Waals surface area (Å²) >= 11 is 0. The summed E-state index contributed by atoms with van der Waals surface area (Å²) in [5.74, 6) is 0. The van der Waals surface area contributed by atoms with Crippen molar-refractivity contribution in [2.45, 2.75) is 5.51 Å². The number of halogens is 3. The summed E-state index contributed by atoms with van der Waals surface area (Å²) < 4.78 is 72.9. The molecule has 0 bridgehead atoms.